The maximum atomic E-state index is 14.6. The van der Waals surface area contributed by atoms with Gasteiger partial charge in [-0.3, -0.25) is 14.4 Å². The topological polar surface area (TPSA) is 152 Å². The lowest BCUT2D eigenvalue weighted by molar-refractivity contribution is -0.211. The van der Waals surface area contributed by atoms with Crippen LogP contribution >= 0.6 is 0 Å². The number of phenols is 1. The van der Waals surface area contributed by atoms with E-state index in [9.17, 15) is 39.9 Å². The summed E-state index contributed by atoms with van der Waals surface area (Å²) in [5, 5.41) is 60.0. The molecule has 5 N–H and O–H groups in total. The Morgan fingerprint density at radius 1 is 0.980 bits per heavy atom. The van der Waals surface area contributed by atoms with Crippen LogP contribution in [0.1, 0.15) is 107 Å². The minimum atomic E-state index is -2.89. The highest BCUT2D eigenvalue weighted by atomic mass is 16.4. The number of phenolic OH excluding ortho intramolecular Hbond substituents is 1. The molecule has 1 aromatic carbocycles. The highest BCUT2D eigenvalue weighted by molar-refractivity contribution is 6.25. The molecule has 9 rings (SSSR count). The number of allylic oxidation sites excluding steroid dienone is 5. The second kappa shape index (κ2) is 10.8. The maximum absolute atomic E-state index is 14.6. The largest absolute Gasteiger partial charge is 0.511 e. The SMILES string of the molecule is CC(=O)C1=C(O)C(C(C)C)[C@@]2(C)[C@H](O)[C@]3(C)C(=C(O)[C@@]2(O)C1=O)C(=O)c1c(ccc(CC2=CC(C4C5CC6CC(C5)CC4C6)=CC2)c1O)[C@H]3C. The molecule has 4 bridgehead atoms. The third-order valence-corrected chi connectivity index (χ3v) is 14.9. The molecule has 0 heterocycles. The standard InChI is InChI=1S/C42H50O8/c1-18(2)32-35(45)29(20(4)43)37(47)42(50)38(48)33-36(46)31-28(19(3)40(33,5)39(49)41(32,42)6)10-9-25(34(31)44)13-21-7-8-24(12-21)30-26-14-22-11-23(16-26)17-27(30)15-22/h8-10,12,18-19,22-23,26-27,30,32,39,44-45,48-50H,7,11,13-17H2,1-6H3/t19-,22?,23?,26?,27?,30?,32?,39-,40+,41+,42+/m1/s1. The second-order valence-corrected chi connectivity index (χ2v) is 17.7. The van der Waals surface area contributed by atoms with Gasteiger partial charge in [0.2, 0.25) is 5.78 Å². The molecule has 0 aliphatic heterocycles. The molecule has 0 radical (unpaired) electrons. The fourth-order valence-electron chi connectivity index (χ4n) is 12.8. The van der Waals surface area contributed by atoms with Crippen LogP contribution in [-0.4, -0.2) is 54.6 Å². The maximum Gasteiger partial charge on any atom is 0.209 e. The first-order valence-corrected chi connectivity index (χ1v) is 18.6. The van der Waals surface area contributed by atoms with E-state index in [-0.39, 0.29) is 16.9 Å². The molecule has 0 amide bonds. The summed E-state index contributed by atoms with van der Waals surface area (Å²) in [6.45, 7) is 9.40. The van der Waals surface area contributed by atoms with Gasteiger partial charge in [-0.05, 0) is 110 Å². The summed E-state index contributed by atoms with van der Waals surface area (Å²) in [6, 6.07) is 3.64. The van der Waals surface area contributed by atoms with Crippen molar-refractivity contribution in [1.82, 2.24) is 0 Å². The van der Waals surface area contributed by atoms with Gasteiger partial charge in [0.15, 0.2) is 17.2 Å². The first-order chi connectivity index (χ1) is 23.5. The quantitative estimate of drug-likeness (QED) is 0.214. The van der Waals surface area contributed by atoms with E-state index in [0.29, 0.717) is 23.5 Å². The monoisotopic (exact) mass is 682 g/mol. The van der Waals surface area contributed by atoms with Crippen LogP contribution in [0, 0.1) is 52.3 Å². The van der Waals surface area contributed by atoms with E-state index < -0.39 is 74.7 Å². The number of aliphatic hydroxyl groups is 4. The molecule has 8 aliphatic rings. The molecule has 0 spiro atoms. The Hall–Kier alpha value is -3.49. The third kappa shape index (κ3) is 3.98. The Labute approximate surface area is 293 Å². The van der Waals surface area contributed by atoms with Crippen LogP contribution in [0.15, 0.2) is 58.1 Å². The predicted octanol–water partition coefficient (Wildman–Crippen LogP) is 6.75. The van der Waals surface area contributed by atoms with Gasteiger partial charge < -0.3 is 25.5 Å². The number of hydrogen-bond acceptors (Lipinski definition) is 8. The fourth-order valence-corrected chi connectivity index (χ4v) is 12.8. The van der Waals surface area contributed by atoms with Gasteiger partial charge in [-0.1, -0.05) is 64.5 Å². The molecule has 1 aromatic rings. The molecule has 8 nitrogen and oxygen atoms in total. The molecule has 8 heteroatoms. The minimum Gasteiger partial charge on any atom is -0.511 e. The molecule has 4 saturated carbocycles. The zero-order valence-corrected chi connectivity index (χ0v) is 29.9. The zero-order chi connectivity index (χ0) is 36.0. The van der Waals surface area contributed by atoms with E-state index >= 15 is 0 Å². The smallest absolute Gasteiger partial charge is 0.209 e. The number of ketones is 3. The molecular formula is C42H50O8. The van der Waals surface area contributed by atoms with Crippen molar-refractivity contribution in [1.29, 1.82) is 0 Å². The number of hydrogen-bond donors (Lipinski definition) is 5. The van der Waals surface area contributed by atoms with Crippen LogP contribution in [-0.2, 0) is 16.0 Å². The summed E-state index contributed by atoms with van der Waals surface area (Å²) >= 11 is 0. The number of aliphatic hydroxyl groups excluding tert-OH is 3. The summed E-state index contributed by atoms with van der Waals surface area (Å²) in [7, 11) is 0. The van der Waals surface area contributed by atoms with Crippen molar-refractivity contribution in [2.45, 2.75) is 104 Å². The molecule has 50 heavy (non-hydrogen) atoms. The number of aromatic hydroxyl groups is 1. The van der Waals surface area contributed by atoms with Gasteiger partial charge in [0.1, 0.15) is 22.8 Å². The summed E-state index contributed by atoms with van der Waals surface area (Å²) in [5.41, 5.74) is -3.72. The Morgan fingerprint density at radius 3 is 2.18 bits per heavy atom. The van der Waals surface area contributed by atoms with Crippen LogP contribution in [0.25, 0.3) is 0 Å². The normalized spacial score (nSPS) is 41.7. The van der Waals surface area contributed by atoms with Gasteiger partial charge in [-0.2, -0.15) is 0 Å². The van der Waals surface area contributed by atoms with Crippen molar-refractivity contribution in [2.24, 2.45) is 52.3 Å². The number of carbonyl (C=O) groups is 3. The van der Waals surface area contributed by atoms with Gasteiger partial charge in [0.05, 0.1) is 17.2 Å². The summed E-state index contributed by atoms with van der Waals surface area (Å²) in [6.07, 6.45) is 11.0. The number of fused-ring (bicyclic) bond motifs is 3. The summed E-state index contributed by atoms with van der Waals surface area (Å²) < 4.78 is 0. The lowest BCUT2D eigenvalue weighted by Crippen LogP contribution is -2.73. The van der Waals surface area contributed by atoms with Crippen LogP contribution in [0.5, 0.6) is 5.75 Å². The number of rotatable bonds is 5. The molecule has 0 aromatic heterocycles. The first kappa shape index (κ1) is 33.6. The van der Waals surface area contributed by atoms with Crippen LogP contribution in [0.2, 0.25) is 0 Å². The van der Waals surface area contributed by atoms with Crippen molar-refractivity contribution in [3.8, 4) is 5.75 Å². The molecular weight excluding hydrogens is 632 g/mol. The highest BCUT2D eigenvalue weighted by Crippen LogP contribution is 2.68. The van der Waals surface area contributed by atoms with E-state index in [0.717, 1.165) is 37.0 Å². The fraction of sp³-hybridized carbons (Fsp3) is 0.595. The van der Waals surface area contributed by atoms with Gasteiger partial charge >= 0.3 is 0 Å². The average molecular weight is 683 g/mol. The molecule has 0 saturated heterocycles. The number of Topliss-reactive ketones (excluding diaryl/α,β-unsaturated/α-hetero) is 3. The van der Waals surface area contributed by atoms with Gasteiger partial charge in [0.25, 0.3) is 0 Å². The van der Waals surface area contributed by atoms with E-state index in [1.807, 2.05) is 6.07 Å². The minimum absolute atomic E-state index is 0.0184. The number of benzene rings is 1. The first-order valence-electron chi connectivity index (χ1n) is 18.6. The average Bonchev–Trinajstić information content (AvgIpc) is 3.49. The van der Waals surface area contributed by atoms with Crippen LogP contribution in [0.4, 0.5) is 0 Å². The highest BCUT2D eigenvalue weighted by Gasteiger charge is 2.76. The lowest BCUT2D eigenvalue weighted by atomic mass is 9.41. The number of carbonyl (C=O) groups excluding carboxylic acids is 3. The molecule has 266 valence electrons. The Balaban J connectivity index is 1.19. The van der Waals surface area contributed by atoms with E-state index in [4.69, 9.17) is 0 Å². The molecule has 8 aliphatic carbocycles. The lowest BCUT2D eigenvalue weighted by Gasteiger charge is -2.63. The van der Waals surface area contributed by atoms with E-state index in [1.165, 1.54) is 50.2 Å². The Morgan fingerprint density at radius 2 is 1.60 bits per heavy atom. The van der Waals surface area contributed by atoms with Crippen molar-refractivity contribution in [2.75, 3.05) is 0 Å². The van der Waals surface area contributed by atoms with Crippen LogP contribution in [0.3, 0.4) is 0 Å². The van der Waals surface area contributed by atoms with Gasteiger partial charge in [0, 0.05) is 16.7 Å². The van der Waals surface area contributed by atoms with E-state index in [2.05, 4.69) is 12.2 Å². The second-order valence-electron chi connectivity index (χ2n) is 17.7. The Bertz CT molecular complexity index is 1860. The summed E-state index contributed by atoms with van der Waals surface area (Å²) in [5.74, 6) is -2.86. The van der Waals surface area contributed by atoms with Crippen molar-refractivity contribution in [3.05, 3.63) is 74.8 Å². The Kier molecular flexibility index (Phi) is 7.24. The third-order valence-electron chi connectivity index (χ3n) is 14.9. The van der Waals surface area contributed by atoms with Gasteiger partial charge in [-0.25, -0.2) is 0 Å². The van der Waals surface area contributed by atoms with Crippen LogP contribution < -0.4 is 0 Å². The predicted molar refractivity (Wildman–Crippen MR) is 186 cm³/mol. The zero-order valence-electron chi connectivity index (χ0n) is 29.9. The van der Waals surface area contributed by atoms with E-state index in [1.54, 1.807) is 33.8 Å². The van der Waals surface area contributed by atoms with Crippen molar-refractivity contribution in [3.63, 3.8) is 0 Å². The molecule has 6 atom stereocenters. The summed E-state index contributed by atoms with van der Waals surface area (Å²) in [4.78, 5) is 41.4. The van der Waals surface area contributed by atoms with Crippen molar-refractivity contribution >= 4 is 17.3 Å². The molecule has 4 fully saturated rings. The van der Waals surface area contributed by atoms with Gasteiger partial charge in [-0.15, -0.1) is 0 Å². The van der Waals surface area contributed by atoms with Crippen molar-refractivity contribution < 1.29 is 39.9 Å². The molecule has 1 unspecified atom stereocenters.